The molecular formula is C11H13N5O2. The Balaban J connectivity index is 2.26. The van der Waals surface area contributed by atoms with Crippen LogP contribution in [0, 0.1) is 0 Å². The molecule has 2 N–H and O–H groups in total. The number of carbonyl (C=O) groups is 1. The maximum atomic E-state index is 11.2. The van der Waals surface area contributed by atoms with Gasteiger partial charge in [0.25, 0.3) is 5.82 Å². The fourth-order valence-corrected chi connectivity index (χ4v) is 1.36. The highest BCUT2D eigenvalue weighted by Gasteiger charge is 2.12. The van der Waals surface area contributed by atoms with Crippen LogP contribution in [0.3, 0.4) is 0 Å². The molecule has 0 saturated carbocycles. The van der Waals surface area contributed by atoms with Gasteiger partial charge in [-0.3, -0.25) is 0 Å². The van der Waals surface area contributed by atoms with E-state index in [0.29, 0.717) is 5.82 Å². The summed E-state index contributed by atoms with van der Waals surface area (Å²) in [6.45, 7) is 1.88. The number of aromatic nitrogens is 4. The number of hydrogen-bond acceptors (Lipinski definition) is 6. The zero-order valence-corrected chi connectivity index (χ0v) is 10.1. The van der Waals surface area contributed by atoms with Crippen LogP contribution in [0.1, 0.15) is 29.1 Å². The second-order valence-electron chi connectivity index (χ2n) is 3.74. The number of carbonyl (C=O) groups excluding carboxylic acids is 1. The minimum atomic E-state index is -0.582. The molecule has 2 aromatic rings. The van der Waals surface area contributed by atoms with Crippen molar-refractivity contribution >= 4 is 5.97 Å². The van der Waals surface area contributed by atoms with Crippen LogP contribution < -0.4 is 5.73 Å². The predicted molar refractivity (Wildman–Crippen MR) is 63.1 cm³/mol. The van der Waals surface area contributed by atoms with Gasteiger partial charge < -0.3 is 10.5 Å². The summed E-state index contributed by atoms with van der Waals surface area (Å²) in [5.41, 5.74) is 6.65. The van der Waals surface area contributed by atoms with Gasteiger partial charge >= 0.3 is 5.97 Å². The summed E-state index contributed by atoms with van der Waals surface area (Å²) in [7, 11) is 1.28. The second-order valence-corrected chi connectivity index (χ2v) is 3.74. The summed E-state index contributed by atoms with van der Waals surface area (Å²) in [6, 6.07) is 3.54. The average Bonchev–Trinajstić information content (AvgIpc) is 2.87. The van der Waals surface area contributed by atoms with E-state index in [-0.39, 0.29) is 11.9 Å². The molecule has 2 heterocycles. The summed E-state index contributed by atoms with van der Waals surface area (Å²) in [5, 5.41) is 3.96. The van der Waals surface area contributed by atoms with Crippen LogP contribution in [0.25, 0.3) is 5.82 Å². The zero-order valence-electron chi connectivity index (χ0n) is 10.1. The smallest absolute Gasteiger partial charge is 0.377 e. The number of hydrogen-bond donors (Lipinski definition) is 1. The zero-order chi connectivity index (χ0) is 13.1. The van der Waals surface area contributed by atoms with Crippen molar-refractivity contribution in [3.05, 3.63) is 36.0 Å². The van der Waals surface area contributed by atoms with Crippen LogP contribution in [-0.2, 0) is 4.74 Å². The van der Waals surface area contributed by atoms with Gasteiger partial charge in [0.15, 0.2) is 5.82 Å². The van der Waals surface area contributed by atoms with Crippen LogP contribution >= 0.6 is 0 Å². The lowest BCUT2D eigenvalue weighted by atomic mass is 10.2. The highest BCUT2D eigenvalue weighted by molar-refractivity contribution is 5.84. The van der Waals surface area contributed by atoms with E-state index in [0.717, 1.165) is 5.56 Å². The quantitative estimate of drug-likeness (QED) is 0.792. The first-order valence-electron chi connectivity index (χ1n) is 5.33. The Morgan fingerprint density at radius 1 is 1.44 bits per heavy atom. The fraction of sp³-hybridized carbons (Fsp3) is 0.273. The minimum absolute atomic E-state index is 0.00410. The van der Waals surface area contributed by atoms with Crippen molar-refractivity contribution < 1.29 is 9.53 Å². The number of esters is 1. The largest absolute Gasteiger partial charge is 0.463 e. The van der Waals surface area contributed by atoms with Gasteiger partial charge in [-0.15, -0.1) is 5.10 Å². The number of rotatable bonds is 3. The molecule has 0 radical (unpaired) electrons. The van der Waals surface area contributed by atoms with Crippen molar-refractivity contribution in [2.45, 2.75) is 13.0 Å². The Morgan fingerprint density at radius 2 is 2.22 bits per heavy atom. The fourth-order valence-electron chi connectivity index (χ4n) is 1.36. The third-order valence-electron chi connectivity index (χ3n) is 2.39. The molecule has 0 aliphatic carbocycles. The molecule has 1 atom stereocenters. The highest BCUT2D eigenvalue weighted by Crippen LogP contribution is 2.10. The van der Waals surface area contributed by atoms with Crippen molar-refractivity contribution in [2.24, 2.45) is 5.73 Å². The highest BCUT2D eigenvalue weighted by atomic mass is 16.5. The Kier molecular flexibility index (Phi) is 3.33. The number of methoxy groups -OCH3 is 1. The SMILES string of the molecule is COC(=O)c1ncn(-c2ccc([C@@H](C)N)cn2)n1. The molecule has 0 saturated heterocycles. The van der Waals surface area contributed by atoms with E-state index >= 15 is 0 Å². The molecule has 0 fully saturated rings. The molecule has 0 bridgehead atoms. The van der Waals surface area contributed by atoms with Gasteiger partial charge in [0.05, 0.1) is 7.11 Å². The maximum Gasteiger partial charge on any atom is 0.377 e. The van der Waals surface area contributed by atoms with Gasteiger partial charge in [0, 0.05) is 12.2 Å². The minimum Gasteiger partial charge on any atom is -0.463 e. The summed E-state index contributed by atoms with van der Waals surface area (Å²) < 4.78 is 5.92. The van der Waals surface area contributed by atoms with Crippen molar-refractivity contribution in [1.29, 1.82) is 0 Å². The van der Waals surface area contributed by atoms with E-state index in [1.54, 1.807) is 12.3 Å². The molecule has 0 unspecified atom stereocenters. The number of ether oxygens (including phenoxy) is 1. The van der Waals surface area contributed by atoms with Crippen LogP contribution in [0.5, 0.6) is 0 Å². The molecule has 0 spiro atoms. The Bertz CT molecular complexity index is 547. The van der Waals surface area contributed by atoms with Gasteiger partial charge in [0.1, 0.15) is 6.33 Å². The third kappa shape index (κ3) is 2.35. The average molecular weight is 247 g/mol. The summed E-state index contributed by atoms with van der Waals surface area (Å²) in [5.74, 6) is -0.0291. The normalized spacial score (nSPS) is 12.2. The van der Waals surface area contributed by atoms with Gasteiger partial charge in [-0.25, -0.2) is 19.4 Å². The first kappa shape index (κ1) is 12.2. The monoisotopic (exact) mass is 247 g/mol. The van der Waals surface area contributed by atoms with E-state index < -0.39 is 5.97 Å². The third-order valence-corrected chi connectivity index (χ3v) is 2.39. The van der Waals surface area contributed by atoms with E-state index in [1.165, 1.54) is 18.1 Å². The first-order valence-corrected chi connectivity index (χ1v) is 5.33. The lowest BCUT2D eigenvalue weighted by Gasteiger charge is -2.05. The Labute approximate surface area is 104 Å². The molecule has 0 aliphatic rings. The molecule has 94 valence electrons. The maximum absolute atomic E-state index is 11.2. The summed E-state index contributed by atoms with van der Waals surface area (Å²) >= 11 is 0. The molecule has 2 aromatic heterocycles. The van der Waals surface area contributed by atoms with E-state index in [2.05, 4.69) is 19.8 Å². The van der Waals surface area contributed by atoms with Crippen LogP contribution in [0.15, 0.2) is 24.7 Å². The van der Waals surface area contributed by atoms with E-state index in [1.807, 2.05) is 13.0 Å². The number of nitrogens with two attached hydrogens (primary N) is 1. The summed E-state index contributed by atoms with van der Waals surface area (Å²) in [6.07, 6.45) is 3.07. The van der Waals surface area contributed by atoms with Crippen molar-refractivity contribution in [3.8, 4) is 5.82 Å². The molecule has 0 aliphatic heterocycles. The lowest BCUT2D eigenvalue weighted by Crippen LogP contribution is -2.07. The molecule has 0 amide bonds. The molecule has 18 heavy (non-hydrogen) atoms. The lowest BCUT2D eigenvalue weighted by molar-refractivity contribution is 0.0587. The molecular weight excluding hydrogens is 234 g/mol. The molecule has 7 heteroatoms. The second kappa shape index (κ2) is 4.92. The van der Waals surface area contributed by atoms with Crippen LogP contribution in [0.2, 0.25) is 0 Å². The molecule has 0 aromatic carbocycles. The van der Waals surface area contributed by atoms with Gasteiger partial charge in [-0.05, 0) is 18.6 Å². The molecule has 2 rings (SSSR count). The predicted octanol–water partition coefficient (Wildman–Crippen LogP) is 0.469. The standard InChI is InChI=1S/C11H13N5O2/c1-7(12)8-3-4-9(13-5-8)16-6-14-10(15-16)11(17)18-2/h3-7H,12H2,1-2H3/t7-/m1/s1. The van der Waals surface area contributed by atoms with Crippen molar-refractivity contribution in [3.63, 3.8) is 0 Å². The van der Waals surface area contributed by atoms with E-state index in [4.69, 9.17) is 5.73 Å². The number of nitrogens with zero attached hydrogens (tertiary/aromatic N) is 4. The number of pyridine rings is 1. The van der Waals surface area contributed by atoms with Crippen molar-refractivity contribution in [2.75, 3.05) is 7.11 Å². The first-order chi connectivity index (χ1) is 8.61. The Hall–Kier alpha value is -2.28. The molecule has 7 nitrogen and oxygen atoms in total. The van der Waals surface area contributed by atoms with Gasteiger partial charge in [-0.2, -0.15) is 0 Å². The van der Waals surface area contributed by atoms with Gasteiger partial charge in [-0.1, -0.05) is 6.07 Å². The van der Waals surface area contributed by atoms with Crippen LogP contribution in [-0.4, -0.2) is 32.8 Å². The Morgan fingerprint density at radius 3 is 2.78 bits per heavy atom. The van der Waals surface area contributed by atoms with Crippen molar-refractivity contribution in [1.82, 2.24) is 19.7 Å². The topological polar surface area (TPSA) is 95.9 Å². The van der Waals surface area contributed by atoms with Gasteiger partial charge in [0.2, 0.25) is 0 Å². The van der Waals surface area contributed by atoms with Crippen LogP contribution in [0.4, 0.5) is 0 Å². The van der Waals surface area contributed by atoms with E-state index in [9.17, 15) is 4.79 Å². The summed E-state index contributed by atoms with van der Waals surface area (Å²) in [4.78, 5) is 19.2.